The van der Waals surface area contributed by atoms with Crippen LogP contribution in [0, 0.1) is 0 Å². The highest BCUT2D eigenvalue weighted by Crippen LogP contribution is 2.21. The number of esters is 1. The number of ketones is 1. The van der Waals surface area contributed by atoms with E-state index in [1.165, 1.54) is 24.3 Å². The van der Waals surface area contributed by atoms with Crippen LogP contribution in [0.4, 0.5) is 5.69 Å². The Labute approximate surface area is 144 Å². The molecule has 0 atom stereocenters. The summed E-state index contributed by atoms with van der Waals surface area (Å²) in [4.78, 5) is 37.4. The van der Waals surface area contributed by atoms with Crippen LogP contribution in [0.25, 0.3) is 0 Å². The number of anilines is 1. The molecule has 1 aliphatic rings. The van der Waals surface area contributed by atoms with Crippen LogP contribution >= 0.6 is 0 Å². The first-order valence-electron chi connectivity index (χ1n) is 7.94. The molecule has 1 saturated heterocycles. The molecule has 0 unspecified atom stereocenters. The lowest BCUT2D eigenvalue weighted by molar-refractivity contribution is -0.117. The number of aromatic hydroxyl groups is 1. The summed E-state index contributed by atoms with van der Waals surface area (Å²) >= 11 is 0. The average Bonchev–Trinajstić information content (AvgIpc) is 3.05. The summed E-state index contributed by atoms with van der Waals surface area (Å²) in [5, 5.41) is 9.35. The van der Waals surface area contributed by atoms with Crippen LogP contribution < -0.4 is 4.90 Å². The van der Waals surface area contributed by atoms with Crippen LogP contribution in [-0.2, 0) is 9.53 Å². The molecule has 1 fully saturated rings. The van der Waals surface area contributed by atoms with Crippen molar-refractivity contribution in [1.29, 1.82) is 0 Å². The fourth-order valence-electron chi connectivity index (χ4n) is 2.68. The second kappa shape index (κ2) is 7.17. The van der Waals surface area contributed by atoms with Gasteiger partial charge in [-0.05, 0) is 48.9 Å². The minimum Gasteiger partial charge on any atom is -0.508 e. The number of phenolic OH excluding ortho intramolecular Hbond substituents is 1. The van der Waals surface area contributed by atoms with Crippen LogP contribution in [0.2, 0.25) is 0 Å². The molecule has 1 aliphatic heterocycles. The normalized spacial score (nSPS) is 13.8. The highest BCUT2D eigenvalue weighted by Gasteiger charge is 2.21. The molecule has 128 valence electrons. The maximum absolute atomic E-state index is 12.1. The molecule has 1 amide bonds. The topological polar surface area (TPSA) is 83.9 Å². The fraction of sp³-hybridized carbons (Fsp3) is 0.211. The summed E-state index contributed by atoms with van der Waals surface area (Å²) in [7, 11) is 0. The van der Waals surface area contributed by atoms with Gasteiger partial charge in [0.15, 0.2) is 12.4 Å². The Kier molecular flexibility index (Phi) is 4.79. The van der Waals surface area contributed by atoms with E-state index in [-0.39, 0.29) is 23.0 Å². The number of benzene rings is 2. The third-order valence-corrected chi connectivity index (χ3v) is 3.99. The van der Waals surface area contributed by atoms with E-state index in [2.05, 4.69) is 0 Å². The smallest absolute Gasteiger partial charge is 0.338 e. The molecule has 0 bridgehead atoms. The third kappa shape index (κ3) is 3.85. The van der Waals surface area contributed by atoms with Crippen molar-refractivity contribution in [1.82, 2.24) is 0 Å². The molecule has 0 saturated carbocycles. The van der Waals surface area contributed by atoms with E-state index in [4.69, 9.17) is 4.74 Å². The van der Waals surface area contributed by atoms with E-state index in [9.17, 15) is 19.5 Å². The van der Waals surface area contributed by atoms with Gasteiger partial charge in [0.25, 0.3) is 0 Å². The molecular weight excluding hydrogens is 322 g/mol. The highest BCUT2D eigenvalue weighted by molar-refractivity contribution is 6.00. The van der Waals surface area contributed by atoms with Crippen LogP contribution in [0.5, 0.6) is 5.75 Å². The van der Waals surface area contributed by atoms with Crippen LogP contribution in [-0.4, -0.2) is 35.9 Å². The Morgan fingerprint density at radius 3 is 2.48 bits per heavy atom. The van der Waals surface area contributed by atoms with E-state index in [0.717, 1.165) is 12.1 Å². The molecule has 0 aliphatic carbocycles. The number of carbonyl (C=O) groups excluding carboxylic acids is 3. The number of ether oxygens (including phenoxy) is 1. The lowest BCUT2D eigenvalue weighted by Gasteiger charge is -2.15. The number of amides is 1. The number of hydrogen-bond acceptors (Lipinski definition) is 5. The van der Waals surface area contributed by atoms with Crippen molar-refractivity contribution in [3.05, 3.63) is 59.7 Å². The molecule has 1 heterocycles. The van der Waals surface area contributed by atoms with Crippen molar-refractivity contribution < 1.29 is 24.2 Å². The summed E-state index contributed by atoms with van der Waals surface area (Å²) in [5.41, 5.74) is 1.34. The molecule has 25 heavy (non-hydrogen) atoms. The summed E-state index contributed by atoms with van der Waals surface area (Å²) in [5.74, 6) is -0.983. The number of hydrogen-bond donors (Lipinski definition) is 1. The van der Waals surface area contributed by atoms with Crippen molar-refractivity contribution in [2.45, 2.75) is 12.8 Å². The molecular formula is C19H17NO5. The molecule has 2 aromatic carbocycles. The number of carbonyl (C=O) groups is 3. The Balaban J connectivity index is 1.59. The Morgan fingerprint density at radius 2 is 1.84 bits per heavy atom. The lowest BCUT2D eigenvalue weighted by atomic mass is 10.1. The van der Waals surface area contributed by atoms with Gasteiger partial charge in [-0.3, -0.25) is 9.59 Å². The summed E-state index contributed by atoms with van der Waals surface area (Å²) in [6, 6.07) is 12.4. The number of Topliss-reactive ketones (excluding diaryl/α,β-unsaturated/α-hetero) is 1. The van der Waals surface area contributed by atoms with Crippen molar-refractivity contribution in [3.63, 3.8) is 0 Å². The summed E-state index contributed by atoms with van der Waals surface area (Å²) in [6.07, 6.45) is 1.39. The van der Waals surface area contributed by atoms with Crippen LogP contribution in [0.3, 0.4) is 0 Å². The van der Waals surface area contributed by atoms with Crippen molar-refractivity contribution in [2.75, 3.05) is 18.1 Å². The van der Waals surface area contributed by atoms with Gasteiger partial charge < -0.3 is 14.7 Å². The zero-order valence-electron chi connectivity index (χ0n) is 13.5. The monoisotopic (exact) mass is 339 g/mol. The largest absolute Gasteiger partial charge is 0.508 e. The second-order valence-corrected chi connectivity index (χ2v) is 5.75. The van der Waals surface area contributed by atoms with Crippen molar-refractivity contribution >= 4 is 23.3 Å². The zero-order chi connectivity index (χ0) is 17.8. The highest BCUT2D eigenvalue weighted by atomic mass is 16.5. The average molecular weight is 339 g/mol. The van der Waals surface area contributed by atoms with E-state index < -0.39 is 12.6 Å². The molecule has 0 spiro atoms. The standard InChI is InChI=1S/C19H17NO5/c21-16-4-1-3-14(11-16)19(24)25-12-17(22)13-6-8-15(9-7-13)20-10-2-5-18(20)23/h1,3-4,6-9,11,21H,2,5,10,12H2. The Hall–Kier alpha value is -3.15. The predicted molar refractivity (Wildman–Crippen MR) is 90.7 cm³/mol. The van der Waals surface area contributed by atoms with Crippen molar-refractivity contribution in [2.24, 2.45) is 0 Å². The molecule has 3 rings (SSSR count). The molecule has 2 aromatic rings. The van der Waals surface area contributed by atoms with Gasteiger partial charge in [0, 0.05) is 24.2 Å². The molecule has 0 radical (unpaired) electrons. The molecule has 0 aromatic heterocycles. The van der Waals surface area contributed by atoms with Gasteiger partial charge in [-0.25, -0.2) is 4.79 Å². The molecule has 1 N–H and O–H groups in total. The van der Waals surface area contributed by atoms with E-state index in [0.29, 0.717) is 18.5 Å². The first-order chi connectivity index (χ1) is 12.0. The lowest BCUT2D eigenvalue weighted by Crippen LogP contribution is -2.23. The predicted octanol–water partition coefficient (Wildman–Crippen LogP) is 2.56. The van der Waals surface area contributed by atoms with Crippen LogP contribution in [0.15, 0.2) is 48.5 Å². The van der Waals surface area contributed by atoms with Crippen LogP contribution in [0.1, 0.15) is 33.6 Å². The van der Waals surface area contributed by atoms with E-state index in [1.807, 2.05) is 0 Å². The first kappa shape index (κ1) is 16.7. The van der Waals surface area contributed by atoms with E-state index in [1.54, 1.807) is 29.2 Å². The van der Waals surface area contributed by atoms with Crippen molar-refractivity contribution in [3.8, 4) is 5.75 Å². The fourth-order valence-corrected chi connectivity index (χ4v) is 2.68. The number of phenols is 1. The number of nitrogens with zero attached hydrogens (tertiary/aromatic N) is 1. The quantitative estimate of drug-likeness (QED) is 0.668. The van der Waals surface area contributed by atoms with E-state index >= 15 is 0 Å². The summed E-state index contributed by atoms with van der Waals surface area (Å²) in [6.45, 7) is 0.296. The third-order valence-electron chi connectivity index (χ3n) is 3.99. The Morgan fingerprint density at radius 1 is 1.08 bits per heavy atom. The summed E-state index contributed by atoms with van der Waals surface area (Å²) < 4.78 is 4.98. The minimum atomic E-state index is -0.677. The van der Waals surface area contributed by atoms with Gasteiger partial charge in [0.05, 0.1) is 5.56 Å². The van der Waals surface area contributed by atoms with Gasteiger partial charge in [0.1, 0.15) is 5.75 Å². The maximum atomic E-state index is 12.1. The van der Waals surface area contributed by atoms with Gasteiger partial charge in [-0.2, -0.15) is 0 Å². The first-order valence-corrected chi connectivity index (χ1v) is 7.94. The van der Waals surface area contributed by atoms with Gasteiger partial charge in [-0.15, -0.1) is 0 Å². The second-order valence-electron chi connectivity index (χ2n) is 5.75. The van der Waals surface area contributed by atoms with Gasteiger partial charge in [-0.1, -0.05) is 6.07 Å². The minimum absolute atomic E-state index is 0.0483. The number of rotatable bonds is 5. The SMILES string of the molecule is O=C(COC(=O)c1cccc(O)c1)c1ccc(N2CCCC2=O)cc1. The Bertz CT molecular complexity index is 813. The molecule has 6 heteroatoms. The zero-order valence-corrected chi connectivity index (χ0v) is 13.5. The van der Waals surface area contributed by atoms with Gasteiger partial charge >= 0.3 is 5.97 Å². The van der Waals surface area contributed by atoms with Gasteiger partial charge in [0.2, 0.25) is 5.91 Å². The maximum Gasteiger partial charge on any atom is 0.338 e. The molecule has 6 nitrogen and oxygen atoms in total.